The van der Waals surface area contributed by atoms with E-state index in [0.717, 1.165) is 6.07 Å². The topological polar surface area (TPSA) is 135 Å². The van der Waals surface area contributed by atoms with E-state index in [1.807, 2.05) is 0 Å². The predicted octanol–water partition coefficient (Wildman–Crippen LogP) is -0.308. The largest absolute Gasteiger partial charge is 0.492 e. The lowest BCUT2D eigenvalue weighted by atomic mass is 10.2. The van der Waals surface area contributed by atoms with Gasteiger partial charge in [0, 0.05) is 18.9 Å². The minimum atomic E-state index is -1.02. The van der Waals surface area contributed by atoms with E-state index in [9.17, 15) is 19.8 Å². The standard InChI is InChI=1S/C9H12N2O6/c10-5-4-6(12)11(9(5)16)17-8(15)3-1-2-7(13)14/h4,12,16H,1-3,10H2,(H,13,14). The molecule has 0 aromatic carbocycles. The van der Waals surface area contributed by atoms with Crippen LogP contribution in [0.3, 0.4) is 0 Å². The van der Waals surface area contributed by atoms with Crippen molar-refractivity contribution in [1.82, 2.24) is 4.73 Å². The fourth-order valence-corrected chi connectivity index (χ4v) is 1.11. The van der Waals surface area contributed by atoms with E-state index in [2.05, 4.69) is 4.84 Å². The first-order valence-corrected chi connectivity index (χ1v) is 4.74. The Bertz CT molecular complexity index is 439. The molecule has 0 unspecified atom stereocenters. The van der Waals surface area contributed by atoms with Gasteiger partial charge < -0.3 is 25.9 Å². The van der Waals surface area contributed by atoms with Gasteiger partial charge >= 0.3 is 11.9 Å². The Balaban J connectivity index is 2.53. The molecule has 0 spiro atoms. The molecule has 0 saturated heterocycles. The number of nitrogen functional groups attached to an aromatic ring is 1. The minimum Gasteiger partial charge on any atom is -0.492 e. The molecule has 94 valence electrons. The van der Waals surface area contributed by atoms with Crippen LogP contribution in [0.25, 0.3) is 0 Å². The Morgan fingerprint density at radius 3 is 2.47 bits per heavy atom. The third-order valence-electron chi connectivity index (χ3n) is 1.91. The van der Waals surface area contributed by atoms with E-state index < -0.39 is 23.7 Å². The molecule has 0 bridgehead atoms. The Morgan fingerprint density at radius 1 is 1.35 bits per heavy atom. The van der Waals surface area contributed by atoms with Gasteiger partial charge in [0.15, 0.2) is 0 Å². The number of rotatable bonds is 5. The summed E-state index contributed by atoms with van der Waals surface area (Å²) in [5.41, 5.74) is 5.12. The van der Waals surface area contributed by atoms with Crippen molar-refractivity contribution in [3.63, 3.8) is 0 Å². The van der Waals surface area contributed by atoms with Crippen molar-refractivity contribution in [3.8, 4) is 11.8 Å². The summed E-state index contributed by atoms with van der Waals surface area (Å²) in [5, 5.41) is 26.9. The summed E-state index contributed by atoms with van der Waals surface area (Å²) in [6, 6.07) is 1.01. The maximum absolute atomic E-state index is 11.2. The number of nitrogens with two attached hydrogens (primary N) is 1. The van der Waals surface area contributed by atoms with Gasteiger partial charge in [0.1, 0.15) is 5.69 Å². The second kappa shape index (κ2) is 5.10. The number of carbonyl (C=O) groups excluding carboxylic acids is 1. The molecular formula is C9H12N2O6. The molecule has 8 nitrogen and oxygen atoms in total. The lowest BCUT2D eigenvalue weighted by Crippen LogP contribution is -2.19. The monoisotopic (exact) mass is 244 g/mol. The van der Waals surface area contributed by atoms with Crippen molar-refractivity contribution in [2.75, 3.05) is 5.73 Å². The molecule has 1 rings (SSSR count). The van der Waals surface area contributed by atoms with Crippen LogP contribution in [-0.4, -0.2) is 32.0 Å². The molecule has 17 heavy (non-hydrogen) atoms. The van der Waals surface area contributed by atoms with Crippen molar-refractivity contribution >= 4 is 17.6 Å². The summed E-state index contributed by atoms with van der Waals surface area (Å²) in [7, 11) is 0. The molecule has 1 aromatic rings. The van der Waals surface area contributed by atoms with Crippen LogP contribution in [0.4, 0.5) is 5.69 Å². The fourth-order valence-electron chi connectivity index (χ4n) is 1.11. The van der Waals surface area contributed by atoms with Crippen molar-refractivity contribution in [2.24, 2.45) is 0 Å². The maximum atomic E-state index is 11.2. The number of aliphatic carboxylic acids is 1. The second-order valence-corrected chi connectivity index (χ2v) is 3.29. The number of aromatic hydroxyl groups is 2. The number of anilines is 1. The SMILES string of the molecule is Nc1cc(O)n(OC(=O)CCCC(=O)O)c1O. The number of carbonyl (C=O) groups is 2. The molecule has 0 fully saturated rings. The summed E-state index contributed by atoms with van der Waals surface area (Å²) in [5.74, 6) is -2.91. The van der Waals surface area contributed by atoms with Gasteiger partial charge in [-0.3, -0.25) is 4.79 Å². The Kier molecular flexibility index (Phi) is 3.81. The van der Waals surface area contributed by atoms with E-state index in [0.29, 0.717) is 4.73 Å². The quantitative estimate of drug-likeness (QED) is 0.557. The molecule has 0 amide bonds. The van der Waals surface area contributed by atoms with Gasteiger partial charge in [0.05, 0.1) is 0 Å². The van der Waals surface area contributed by atoms with Crippen molar-refractivity contribution in [1.29, 1.82) is 0 Å². The average Bonchev–Trinajstić information content (AvgIpc) is 2.44. The van der Waals surface area contributed by atoms with Crippen LogP contribution in [0.5, 0.6) is 11.8 Å². The van der Waals surface area contributed by atoms with Crippen molar-refractivity contribution in [3.05, 3.63) is 6.07 Å². The first-order valence-electron chi connectivity index (χ1n) is 4.74. The van der Waals surface area contributed by atoms with Crippen LogP contribution < -0.4 is 10.6 Å². The normalized spacial score (nSPS) is 10.1. The Labute approximate surface area is 95.8 Å². The van der Waals surface area contributed by atoms with Crippen LogP contribution in [-0.2, 0) is 9.59 Å². The van der Waals surface area contributed by atoms with Gasteiger partial charge in [0.25, 0.3) is 5.88 Å². The smallest absolute Gasteiger partial charge is 0.333 e. The highest BCUT2D eigenvalue weighted by atomic mass is 16.7. The third-order valence-corrected chi connectivity index (χ3v) is 1.91. The van der Waals surface area contributed by atoms with Gasteiger partial charge in [-0.25, -0.2) is 4.79 Å². The summed E-state index contributed by atoms with van der Waals surface area (Å²) in [6.07, 6.45) is -0.212. The molecular weight excluding hydrogens is 232 g/mol. The number of hydrogen-bond acceptors (Lipinski definition) is 6. The van der Waals surface area contributed by atoms with E-state index in [-0.39, 0.29) is 24.9 Å². The number of carboxylic acids is 1. The van der Waals surface area contributed by atoms with Gasteiger partial charge in [-0.05, 0) is 6.42 Å². The summed E-state index contributed by atoms with van der Waals surface area (Å²) >= 11 is 0. The zero-order chi connectivity index (χ0) is 13.0. The molecule has 0 aliphatic carbocycles. The summed E-state index contributed by atoms with van der Waals surface area (Å²) in [4.78, 5) is 26.0. The third kappa shape index (κ3) is 3.30. The molecule has 0 aliphatic heterocycles. The van der Waals surface area contributed by atoms with E-state index >= 15 is 0 Å². The molecule has 0 atom stereocenters. The Hall–Kier alpha value is -2.38. The molecule has 0 radical (unpaired) electrons. The number of nitrogens with zero attached hydrogens (tertiary/aromatic N) is 1. The minimum absolute atomic E-state index is 0.104. The zero-order valence-electron chi connectivity index (χ0n) is 8.79. The summed E-state index contributed by atoms with van der Waals surface area (Å²) in [6.45, 7) is 0. The van der Waals surface area contributed by atoms with Crippen molar-refractivity contribution in [2.45, 2.75) is 19.3 Å². The van der Waals surface area contributed by atoms with Crippen LogP contribution >= 0.6 is 0 Å². The second-order valence-electron chi connectivity index (χ2n) is 3.29. The molecule has 8 heteroatoms. The number of carboxylic acid groups (broad SMARTS) is 1. The van der Waals surface area contributed by atoms with E-state index in [1.54, 1.807) is 0 Å². The highest BCUT2D eigenvalue weighted by Crippen LogP contribution is 2.28. The number of hydrogen-bond donors (Lipinski definition) is 4. The highest BCUT2D eigenvalue weighted by molar-refractivity contribution is 5.72. The average molecular weight is 244 g/mol. The molecule has 5 N–H and O–H groups in total. The Morgan fingerprint density at radius 2 is 2.00 bits per heavy atom. The number of aromatic nitrogens is 1. The molecule has 0 saturated carbocycles. The van der Waals surface area contributed by atoms with Gasteiger partial charge in [-0.1, -0.05) is 0 Å². The fraction of sp³-hybridized carbons (Fsp3) is 0.333. The van der Waals surface area contributed by atoms with Gasteiger partial charge in [-0.2, -0.15) is 0 Å². The van der Waals surface area contributed by atoms with Gasteiger partial charge in [0.2, 0.25) is 5.88 Å². The van der Waals surface area contributed by atoms with E-state index in [1.165, 1.54) is 0 Å². The first-order chi connectivity index (χ1) is 7.91. The summed E-state index contributed by atoms with van der Waals surface area (Å²) < 4.78 is 0.471. The lowest BCUT2D eigenvalue weighted by Gasteiger charge is -2.06. The van der Waals surface area contributed by atoms with Gasteiger partial charge in [-0.15, -0.1) is 4.73 Å². The van der Waals surface area contributed by atoms with Crippen LogP contribution in [0.1, 0.15) is 19.3 Å². The van der Waals surface area contributed by atoms with Crippen LogP contribution in [0, 0.1) is 0 Å². The lowest BCUT2D eigenvalue weighted by molar-refractivity contribution is -0.145. The van der Waals surface area contributed by atoms with Crippen molar-refractivity contribution < 1.29 is 29.7 Å². The first kappa shape index (κ1) is 12.7. The van der Waals surface area contributed by atoms with Crippen LogP contribution in [0.15, 0.2) is 6.07 Å². The maximum Gasteiger partial charge on any atom is 0.333 e. The van der Waals surface area contributed by atoms with E-state index in [4.69, 9.17) is 10.8 Å². The zero-order valence-corrected chi connectivity index (χ0v) is 8.79. The highest BCUT2D eigenvalue weighted by Gasteiger charge is 2.16. The van der Waals surface area contributed by atoms with Crippen LogP contribution in [0.2, 0.25) is 0 Å². The molecule has 0 aliphatic rings. The predicted molar refractivity (Wildman–Crippen MR) is 55.2 cm³/mol. The molecule has 1 aromatic heterocycles. The molecule has 1 heterocycles.